The van der Waals surface area contributed by atoms with E-state index in [1.54, 1.807) is 6.07 Å². The first kappa shape index (κ1) is 22.3. The lowest BCUT2D eigenvalue weighted by Crippen LogP contribution is -2.27. The van der Waals surface area contributed by atoms with Gasteiger partial charge in [0.15, 0.2) is 0 Å². The third-order valence-corrected chi connectivity index (χ3v) is 3.98. The second-order valence-corrected chi connectivity index (χ2v) is 8.42. The van der Waals surface area contributed by atoms with Gasteiger partial charge in [-0.2, -0.15) is 0 Å². The molecule has 0 aliphatic heterocycles. The normalized spacial score (nSPS) is 11.1. The SMILES string of the molecule is CC(C)COc1ccc(NC(=O)CNc2cccc(NC(=O)C(C)(C)C)c2)cc1. The lowest BCUT2D eigenvalue weighted by molar-refractivity contribution is -0.123. The molecule has 0 unspecified atom stereocenters. The van der Waals surface area contributed by atoms with E-state index in [9.17, 15) is 9.59 Å². The van der Waals surface area contributed by atoms with Crippen molar-refractivity contribution in [3.8, 4) is 5.75 Å². The van der Waals surface area contributed by atoms with Gasteiger partial charge in [-0.15, -0.1) is 0 Å². The number of carbonyl (C=O) groups excluding carboxylic acids is 2. The maximum Gasteiger partial charge on any atom is 0.243 e. The van der Waals surface area contributed by atoms with Gasteiger partial charge in [0.1, 0.15) is 5.75 Å². The minimum atomic E-state index is -0.474. The molecule has 0 aromatic heterocycles. The topological polar surface area (TPSA) is 79.5 Å². The molecule has 0 bridgehead atoms. The van der Waals surface area contributed by atoms with Gasteiger partial charge in [-0.25, -0.2) is 0 Å². The van der Waals surface area contributed by atoms with Crippen LogP contribution in [0.25, 0.3) is 0 Å². The summed E-state index contributed by atoms with van der Waals surface area (Å²) in [5.74, 6) is 1.02. The van der Waals surface area contributed by atoms with Crippen molar-refractivity contribution in [2.75, 3.05) is 29.1 Å². The third kappa shape index (κ3) is 7.86. The number of rotatable bonds is 8. The van der Waals surface area contributed by atoms with E-state index in [0.717, 1.165) is 11.4 Å². The van der Waals surface area contributed by atoms with Crippen molar-refractivity contribution in [2.24, 2.45) is 11.3 Å². The lowest BCUT2D eigenvalue weighted by atomic mass is 9.95. The van der Waals surface area contributed by atoms with Crippen LogP contribution in [0.5, 0.6) is 5.75 Å². The van der Waals surface area contributed by atoms with E-state index in [1.165, 1.54) is 0 Å². The zero-order valence-electron chi connectivity index (χ0n) is 17.8. The van der Waals surface area contributed by atoms with Crippen LogP contribution in [0, 0.1) is 11.3 Å². The summed E-state index contributed by atoms with van der Waals surface area (Å²) in [6.45, 7) is 10.5. The fraction of sp³-hybridized carbons (Fsp3) is 0.391. The maximum absolute atomic E-state index is 12.2. The van der Waals surface area contributed by atoms with Crippen molar-refractivity contribution in [1.29, 1.82) is 0 Å². The van der Waals surface area contributed by atoms with Gasteiger partial charge in [-0.3, -0.25) is 9.59 Å². The Hall–Kier alpha value is -3.02. The Labute approximate surface area is 173 Å². The molecular formula is C23H31N3O3. The number of hydrogen-bond donors (Lipinski definition) is 3. The van der Waals surface area contributed by atoms with Crippen molar-refractivity contribution >= 4 is 28.9 Å². The average molecular weight is 398 g/mol. The Balaban J connectivity index is 1.84. The summed E-state index contributed by atoms with van der Waals surface area (Å²) >= 11 is 0. The molecule has 2 amide bonds. The van der Waals surface area contributed by atoms with Crippen molar-refractivity contribution in [3.05, 3.63) is 48.5 Å². The Bertz CT molecular complexity index is 824. The Morgan fingerprint density at radius 2 is 1.59 bits per heavy atom. The summed E-state index contributed by atoms with van der Waals surface area (Å²) in [6, 6.07) is 14.6. The van der Waals surface area contributed by atoms with Gasteiger partial charge < -0.3 is 20.7 Å². The summed E-state index contributed by atoms with van der Waals surface area (Å²) in [4.78, 5) is 24.3. The fourth-order valence-corrected chi connectivity index (χ4v) is 2.31. The number of amides is 2. The van der Waals surface area contributed by atoms with Crippen LogP contribution in [0.2, 0.25) is 0 Å². The Kier molecular flexibility index (Phi) is 7.65. The molecular weight excluding hydrogens is 366 g/mol. The fourth-order valence-electron chi connectivity index (χ4n) is 2.31. The van der Waals surface area contributed by atoms with Crippen LogP contribution in [-0.2, 0) is 9.59 Å². The number of carbonyl (C=O) groups is 2. The zero-order chi connectivity index (χ0) is 21.4. The number of anilines is 3. The predicted molar refractivity (Wildman–Crippen MR) is 118 cm³/mol. The first-order valence-corrected chi connectivity index (χ1v) is 9.81. The highest BCUT2D eigenvalue weighted by Gasteiger charge is 2.21. The molecule has 2 aromatic rings. The molecule has 0 aliphatic rings. The van der Waals surface area contributed by atoms with Crippen molar-refractivity contribution < 1.29 is 14.3 Å². The molecule has 156 valence electrons. The van der Waals surface area contributed by atoms with Crippen LogP contribution in [0.4, 0.5) is 17.1 Å². The first-order chi connectivity index (χ1) is 13.6. The third-order valence-electron chi connectivity index (χ3n) is 3.98. The van der Waals surface area contributed by atoms with Crippen LogP contribution in [0.1, 0.15) is 34.6 Å². The summed E-state index contributed by atoms with van der Waals surface area (Å²) in [6.07, 6.45) is 0. The molecule has 0 saturated carbocycles. The number of benzene rings is 2. The minimum Gasteiger partial charge on any atom is -0.493 e. The molecule has 3 N–H and O–H groups in total. The molecule has 6 nitrogen and oxygen atoms in total. The van der Waals surface area contributed by atoms with Gasteiger partial charge in [0, 0.05) is 22.5 Å². The van der Waals surface area contributed by atoms with Crippen LogP contribution in [0.15, 0.2) is 48.5 Å². The van der Waals surface area contributed by atoms with Crippen molar-refractivity contribution in [2.45, 2.75) is 34.6 Å². The van der Waals surface area contributed by atoms with E-state index >= 15 is 0 Å². The molecule has 6 heteroatoms. The second kappa shape index (κ2) is 9.96. The van der Waals surface area contributed by atoms with E-state index in [0.29, 0.717) is 23.9 Å². The molecule has 0 radical (unpaired) electrons. The summed E-state index contributed by atoms with van der Waals surface area (Å²) in [5, 5.41) is 8.80. The Morgan fingerprint density at radius 1 is 0.931 bits per heavy atom. The van der Waals surface area contributed by atoms with Crippen LogP contribution in [-0.4, -0.2) is 25.0 Å². The highest BCUT2D eigenvalue weighted by molar-refractivity contribution is 5.95. The monoisotopic (exact) mass is 397 g/mol. The molecule has 0 aliphatic carbocycles. The highest BCUT2D eigenvalue weighted by Crippen LogP contribution is 2.20. The van der Waals surface area contributed by atoms with Gasteiger partial charge in [0.05, 0.1) is 13.2 Å². The maximum atomic E-state index is 12.2. The smallest absolute Gasteiger partial charge is 0.243 e. The summed E-state index contributed by atoms with van der Waals surface area (Å²) in [5.41, 5.74) is 1.68. The molecule has 0 spiro atoms. The van der Waals surface area contributed by atoms with Gasteiger partial charge in [-0.1, -0.05) is 40.7 Å². The Morgan fingerprint density at radius 3 is 2.21 bits per heavy atom. The quantitative estimate of drug-likeness (QED) is 0.600. The number of nitrogens with one attached hydrogen (secondary N) is 3. The minimum absolute atomic E-state index is 0.0618. The van der Waals surface area contributed by atoms with E-state index < -0.39 is 5.41 Å². The molecule has 29 heavy (non-hydrogen) atoms. The average Bonchev–Trinajstić information content (AvgIpc) is 2.65. The standard InChI is InChI=1S/C23H31N3O3/c1-16(2)15-29-20-11-9-17(10-12-20)25-21(27)14-24-18-7-6-8-19(13-18)26-22(28)23(3,4)5/h6-13,16,24H,14-15H2,1-5H3,(H,25,27)(H,26,28). The molecule has 0 saturated heterocycles. The van der Waals surface area contributed by atoms with Crippen LogP contribution in [0.3, 0.4) is 0 Å². The largest absolute Gasteiger partial charge is 0.493 e. The number of ether oxygens (including phenoxy) is 1. The molecule has 2 rings (SSSR count). The molecule has 0 heterocycles. The van der Waals surface area contributed by atoms with Crippen LogP contribution >= 0.6 is 0 Å². The van der Waals surface area contributed by atoms with E-state index in [-0.39, 0.29) is 18.4 Å². The second-order valence-electron chi connectivity index (χ2n) is 8.42. The van der Waals surface area contributed by atoms with Crippen molar-refractivity contribution in [1.82, 2.24) is 0 Å². The molecule has 0 fully saturated rings. The van der Waals surface area contributed by atoms with E-state index in [4.69, 9.17) is 4.74 Å². The van der Waals surface area contributed by atoms with E-state index in [2.05, 4.69) is 29.8 Å². The number of hydrogen-bond acceptors (Lipinski definition) is 4. The van der Waals surface area contributed by atoms with Crippen molar-refractivity contribution in [3.63, 3.8) is 0 Å². The summed E-state index contributed by atoms with van der Waals surface area (Å²) in [7, 11) is 0. The summed E-state index contributed by atoms with van der Waals surface area (Å²) < 4.78 is 5.64. The van der Waals surface area contributed by atoms with Gasteiger partial charge in [0.25, 0.3) is 0 Å². The molecule has 2 aromatic carbocycles. The van der Waals surface area contributed by atoms with E-state index in [1.807, 2.05) is 63.2 Å². The van der Waals surface area contributed by atoms with Gasteiger partial charge >= 0.3 is 0 Å². The predicted octanol–water partition coefficient (Wildman–Crippen LogP) is 4.76. The highest BCUT2D eigenvalue weighted by atomic mass is 16.5. The van der Waals surface area contributed by atoms with Crippen LogP contribution < -0.4 is 20.7 Å². The lowest BCUT2D eigenvalue weighted by Gasteiger charge is -2.18. The molecule has 0 atom stereocenters. The van der Waals surface area contributed by atoms with Gasteiger partial charge in [-0.05, 0) is 48.4 Å². The zero-order valence-corrected chi connectivity index (χ0v) is 17.8. The first-order valence-electron chi connectivity index (χ1n) is 9.81. The van der Waals surface area contributed by atoms with Gasteiger partial charge in [0.2, 0.25) is 11.8 Å².